The molecule has 2 N–H and O–H groups in total. The molecule has 0 radical (unpaired) electrons. The number of benzene rings is 2. The maximum absolute atomic E-state index is 12.9. The first-order valence-electron chi connectivity index (χ1n) is 11.9. The van der Waals surface area contributed by atoms with Crippen LogP contribution in [0.1, 0.15) is 45.1 Å². The monoisotopic (exact) mass is 536 g/mol. The Morgan fingerprint density at radius 2 is 1.89 bits per heavy atom. The minimum Gasteiger partial charge on any atom is -0.465 e. The molecule has 5 rings (SSSR count). The number of carbonyl (C=O) groups is 2. The van der Waals surface area contributed by atoms with Gasteiger partial charge in [0.15, 0.2) is 0 Å². The fourth-order valence-corrected chi connectivity index (χ4v) is 6.81. The fourth-order valence-electron chi connectivity index (χ4n) is 4.57. The van der Waals surface area contributed by atoms with E-state index in [1.165, 1.54) is 35.8 Å². The highest BCUT2D eigenvalue weighted by Crippen LogP contribution is 2.42. The minimum absolute atomic E-state index is 0.153. The number of nitrogens with zero attached hydrogens (tertiary/aromatic N) is 1. The Kier molecular flexibility index (Phi) is 7.57. The number of carbonyl (C=O) groups excluding carboxylic acids is 2. The summed E-state index contributed by atoms with van der Waals surface area (Å²) >= 11 is 2.68. The van der Waals surface area contributed by atoms with Crippen molar-refractivity contribution in [3.63, 3.8) is 0 Å². The van der Waals surface area contributed by atoms with E-state index >= 15 is 0 Å². The first kappa shape index (κ1) is 25.0. The zero-order valence-corrected chi connectivity index (χ0v) is 21.8. The van der Waals surface area contributed by atoms with Crippen molar-refractivity contribution in [1.29, 1.82) is 0 Å². The van der Waals surface area contributed by atoms with E-state index in [1.54, 1.807) is 4.68 Å². The molecular weight excluding hydrogens is 510 g/mol. The summed E-state index contributed by atoms with van der Waals surface area (Å²) in [6.45, 7) is 0. The highest BCUT2D eigenvalue weighted by Gasteiger charge is 2.31. The van der Waals surface area contributed by atoms with Gasteiger partial charge in [-0.3, -0.25) is 9.32 Å². The van der Waals surface area contributed by atoms with Crippen LogP contribution in [0.15, 0.2) is 75.0 Å². The van der Waals surface area contributed by atoms with Gasteiger partial charge < -0.3 is 10.1 Å². The standard InChI is InChI=1S/C27H25N3O5S2/c1-34-26(32)23-20-13-12-18(17-8-4-2-5-9-17)16-21(20)37-24(23)28-22(31)14-15-36-25-27(33)35-29-30(25)19-10-6-3-7-11-19/h2-11,18H,12-16H2,1H3,(H-,28,29,31,32,33)/p+1. The summed E-state index contributed by atoms with van der Waals surface area (Å²) in [5.41, 5.74) is 2.97. The first-order valence-corrected chi connectivity index (χ1v) is 13.7. The van der Waals surface area contributed by atoms with Crippen LogP contribution >= 0.6 is 23.1 Å². The quantitative estimate of drug-likeness (QED) is 0.195. The van der Waals surface area contributed by atoms with Crippen LogP contribution in [0.2, 0.25) is 0 Å². The first-order chi connectivity index (χ1) is 18.0. The van der Waals surface area contributed by atoms with Crippen molar-refractivity contribution in [1.82, 2.24) is 5.27 Å². The lowest BCUT2D eigenvalue weighted by Gasteiger charge is -2.22. The number of para-hydroxylation sites is 1. The third-order valence-corrected chi connectivity index (χ3v) is 8.57. The van der Waals surface area contributed by atoms with Gasteiger partial charge in [0, 0.05) is 29.2 Å². The highest BCUT2D eigenvalue weighted by atomic mass is 32.2. The smallest absolute Gasteiger partial charge is 0.442 e. The van der Waals surface area contributed by atoms with Gasteiger partial charge in [-0.2, -0.15) is 0 Å². The largest absolute Gasteiger partial charge is 0.465 e. The molecule has 37 heavy (non-hydrogen) atoms. The van der Waals surface area contributed by atoms with E-state index in [-0.39, 0.29) is 12.3 Å². The topological polar surface area (TPSA) is 105 Å². The lowest BCUT2D eigenvalue weighted by atomic mass is 9.83. The van der Waals surface area contributed by atoms with Crippen LogP contribution in [0.3, 0.4) is 0 Å². The number of hydrogen-bond acceptors (Lipinski definition) is 7. The van der Waals surface area contributed by atoms with Gasteiger partial charge in [0.1, 0.15) is 5.00 Å². The molecule has 0 spiro atoms. The zero-order valence-electron chi connectivity index (χ0n) is 20.2. The molecule has 0 saturated heterocycles. The molecule has 1 aliphatic carbocycles. The van der Waals surface area contributed by atoms with Crippen LogP contribution in [-0.2, 0) is 22.4 Å². The van der Waals surface area contributed by atoms with Crippen LogP contribution in [-0.4, -0.2) is 30.0 Å². The number of aromatic nitrogens is 2. The Hall–Kier alpha value is -3.63. The molecule has 0 bridgehead atoms. The maximum atomic E-state index is 12.9. The number of H-pyrrole nitrogens is 1. The molecule has 1 unspecified atom stereocenters. The fraction of sp³-hybridized carbons (Fsp3) is 0.259. The van der Waals surface area contributed by atoms with Crippen LogP contribution < -0.4 is 15.6 Å². The number of esters is 1. The molecule has 0 aliphatic heterocycles. The average molecular weight is 537 g/mol. The normalized spacial score (nSPS) is 14.7. The van der Waals surface area contributed by atoms with Crippen molar-refractivity contribution < 1.29 is 23.5 Å². The molecule has 1 aliphatic rings. The van der Waals surface area contributed by atoms with Gasteiger partial charge in [0.2, 0.25) is 11.6 Å². The van der Waals surface area contributed by atoms with Crippen molar-refractivity contribution in [2.45, 2.75) is 36.6 Å². The second-order valence-electron chi connectivity index (χ2n) is 8.65. The van der Waals surface area contributed by atoms with Gasteiger partial charge in [-0.25, -0.2) is 9.59 Å². The van der Waals surface area contributed by atoms with Gasteiger partial charge in [-0.1, -0.05) is 48.5 Å². The summed E-state index contributed by atoms with van der Waals surface area (Å²) in [6, 6.07) is 19.7. The van der Waals surface area contributed by atoms with Crippen molar-refractivity contribution in [2.75, 3.05) is 18.2 Å². The van der Waals surface area contributed by atoms with Gasteiger partial charge in [0.05, 0.1) is 12.7 Å². The summed E-state index contributed by atoms with van der Waals surface area (Å²) < 4.78 is 11.6. The zero-order chi connectivity index (χ0) is 25.8. The van der Waals surface area contributed by atoms with Crippen molar-refractivity contribution in [3.8, 4) is 5.69 Å². The number of methoxy groups -OCH3 is 1. The lowest BCUT2D eigenvalue weighted by molar-refractivity contribution is -0.704. The number of nitrogens with one attached hydrogen (secondary N) is 2. The number of thioether (sulfide) groups is 1. The number of thiophene rings is 1. The van der Waals surface area contributed by atoms with E-state index in [4.69, 9.17) is 9.26 Å². The van der Waals surface area contributed by atoms with Crippen LogP contribution in [0.25, 0.3) is 5.69 Å². The van der Waals surface area contributed by atoms with Gasteiger partial charge in [-0.15, -0.1) is 11.3 Å². The van der Waals surface area contributed by atoms with Crippen LogP contribution in [0.4, 0.5) is 5.00 Å². The molecule has 2 heterocycles. The summed E-state index contributed by atoms with van der Waals surface area (Å²) in [5.74, 6) is 0.0640. The van der Waals surface area contributed by atoms with Gasteiger partial charge >= 0.3 is 16.6 Å². The summed E-state index contributed by atoms with van der Waals surface area (Å²) in [4.78, 5) is 38.8. The molecule has 190 valence electrons. The third-order valence-electron chi connectivity index (χ3n) is 6.37. The second kappa shape index (κ2) is 11.2. The van der Waals surface area contributed by atoms with E-state index < -0.39 is 11.6 Å². The van der Waals surface area contributed by atoms with Crippen LogP contribution in [0.5, 0.6) is 0 Å². The van der Waals surface area contributed by atoms with E-state index in [0.717, 1.165) is 35.4 Å². The summed E-state index contributed by atoms with van der Waals surface area (Å²) in [7, 11) is 1.36. The van der Waals surface area contributed by atoms with E-state index in [9.17, 15) is 14.4 Å². The Morgan fingerprint density at radius 1 is 1.16 bits per heavy atom. The molecule has 1 atom stereocenters. The predicted octanol–water partition coefficient (Wildman–Crippen LogP) is 4.49. The molecule has 2 aromatic carbocycles. The van der Waals surface area contributed by atoms with Gasteiger partial charge in [0.25, 0.3) is 0 Å². The van der Waals surface area contributed by atoms with Crippen molar-refractivity contribution in [3.05, 3.63) is 92.7 Å². The molecule has 2 aromatic heterocycles. The summed E-state index contributed by atoms with van der Waals surface area (Å²) in [5, 5.41) is 6.41. The molecule has 1 amide bonds. The third kappa shape index (κ3) is 5.40. The number of hydrogen-bond donors (Lipinski definition) is 2. The maximum Gasteiger partial charge on any atom is 0.442 e. The predicted molar refractivity (Wildman–Crippen MR) is 142 cm³/mol. The number of anilines is 1. The second-order valence-corrected chi connectivity index (χ2v) is 10.8. The molecular formula is C27H26N3O5S2+. The number of aromatic amines is 1. The minimum atomic E-state index is -0.499. The SMILES string of the molecule is COC(=O)c1c(NC(=O)CCSc2c(=O)o[nH][n+]2-c2ccccc2)sc2c1CCC(c1ccccc1)C2. The average Bonchev–Trinajstić information content (AvgIpc) is 3.48. The number of rotatable bonds is 8. The molecule has 10 heteroatoms. The number of ether oxygens (including phenoxy) is 1. The molecule has 0 saturated carbocycles. The Morgan fingerprint density at radius 3 is 2.62 bits per heavy atom. The molecule has 0 fully saturated rings. The molecule has 8 nitrogen and oxygen atoms in total. The Balaban J connectivity index is 1.27. The van der Waals surface area contributed by atoms with E-state index in [1.807, 2.05) is 48.5 Å². The number of fused-ring (bicyclic) bond motifs is 1. The lowest BCUT2D eigenvalue weighted by Crippen LogP contribution is -2.36. The Labute approximate surface area is 221 Å². The highest BCUT2D eigenvalue weighted by molar-refractivity contribution is 7.99. The van der Waals surface area contributed by atoms with Gasteiger partial charge in [-0.05, 0) is 58.0 Å². The van der Waals surface area contributed by atoms with Crippen molar-refractivity contribution >= 4 is 40.0 Å². The number of amides is 1. The Bertz CT molecular complexity index is 1460. The molecule has 4 aromatic rings. The van der Waals surface area contributed by atoms with E-state index in [2.05, 4.69) is 22.7 Å². The van der Waals surface area contributed by atoms with Crippen LogP contribution in [0, 0.1) is 0 Å². The summed E-state index contributed by atoms with van der Waals surface area (Å²) in [6.07, 6.45) is 2.66. The van der Waals surface area contributed by atoms with E-state index in [0.29, 0.717) is 27.3 Å². The van der Waals surface area contributed by atoms with Crippen molar-refractivity contribution in [2.24, 2.45) is 0 Å².